The Morgan fingerprint density at radius 1 is 0.879 bits per heavy atom. The van der Waals surface area contributed by atoms with Crippen LogP contribution in [0.25, 0.3) is 22.1 Å². The molecule has 1 aliphatic heterocycles. The number of furan rings is 1. The van der Waals surface area contributed by atoms with Crippen LogP contribution in [0.1, 0.15) is 30.4 Å². The highest BCUT2D eigenvalue weighted by molar-refractivity contribution is 5.86. The van der Waals surface area contributed by atoms with Crippen LogP contribution < -0.4 is 0 Å². The van der Waals surface area contributed by atoms with Crippen molar-refractivity contribution in [1.29, 1.82) is 0 Å². The molecule has 2 aromatic heterocycles. The van der Waals surface area contributed by atoms with E-state index in [1.165, 1.54) is 53.8 Å². The maximum Gasteiger partial charge on any atom is 0.134 e. The number of nitrogens with zero attached hydrogens (tertiary/aromatic N) is 3. The lowest BCUT2D eigenvalue weighted by Crippen LogP contribution is -2.47. The van der Waals surface area contributed by atoms with E-state index >= 15 is 0 Å². The highest BCUT2D eigenvalue weighted by Crippen LogP contribution is 2.28. The predicted molar refractivity (Wildman–Crippen MR) is 136 cm³/mol. The number of hydrogen-bond acceptors (Lipinski definition) is 4. The molecule has 0 N–H and O–H groups in total. The number of pyridine rings is 1. The fourth-order valence-corrected chi connectivity index (χ4v) is 4.96. The van der Waals surface area contributed by atoms with Gasteiger partial charge in [-0.1, -0.05) is 43.3 Å². The monoisotopic (exact) mass is 439 g/mol. The van der Waals surface area contributed by atoms with E-state index < -0.39 is 0 Å². The van der Waals surface area contributed by atoms with Gasteiger partial charge in [0.2, 0.25) is 0 Å². The smallest absolute Gasteiger partial charge is 0.134 e. The van der Waals surface area contributed by atoms with Gasteiger partial charge in [0.15, 0.2) is 0 Å². The minimum atomic E-state index is 0.587. The Morgan fingerprint density at radius 3 is 2.42 bits per heavy atom. The molecule has 0 radical (unpaired) electrons. The zero-order valence-corrected chi connectivity index (χ0v) is 19.5. The number of hydrogen-bond donors (Lipinski definition) is 0. The lowest BCUT2D eigenvalue weighted by atomic mass is 10.0. The Morgan fingerprint density at radius 2 is 1.64 bits per heavy atom. The summed E-state index contributed by atoms with van der Waals surface area (Å²) in [6.45, 7) is 9.32. The van der Waals surface area contributed by atoms with E-state index in [1.54, 1.807) is 0 Å². The van der Waals surface area contributed by atoms with Crippen LogP contribution in [0.4, 0.5) is 0 Å². The third-order valence-corrected chi connectivity index (χ3v) is 6.95. The Hall–Kier alpha value is -2.95. The molecule has 170 valence electrons. The molecule has 0 aliphatic carbocycles. The average molecular weight is 440 g/mol. The highest BCUT2D eigenvalue weighted by Gasteiger charge is 2.19. The molecule has 0 amide bonds. The zero-order valence-electron chi connectivity index (χ0n) is 19.5. The maximum atomic E-state index is 5.84. The molecule has 3 heterocycles. The third kappa shape index (κ3) is 5.35. The first-order valence-corrected chi connectivity index (χ1v) is 12.2. The van der Waals surface area contributed by atoms with Crippen molar-refractivity contribution in [2.75, 3.05) is 39.3 Å². The van der Waals surface area contributed by atoms with E-state index in [0.29, 0.717) is 5.92 Å². The molecule has 1 saturated heterocycles. The molecule has 4 nitrogen and oxygen atoms in total. The minimum absolute atomic E-state index is 0.587. The number of fused-ring (bicyclic) bond motifs is 1. The van der Waals surface area contributed by atoms with Crippen molar-refractivity contribution in [2.24, 2.45) is 0 Å². The number of benzene rings is 2. The lowest BCUT2D eigenvalue weighted by Gasteiger charge is -2.36. The van der Waals surface area contributed by atoms with Crippen LogP contribution in [0.3, 0.4) is 0 Å². The normalized spacial score (nSPS) is 16.3. The SMILES string of the molecule is CC(CN1CCN(CCCc2coc3ccc(-c4ccncc4)cc23)CC1)c1ccccc1. The largest absolute Gasteiger partial charge is 0.464 e. The van der Waals surface area contributed by atoms with Crippen molar-refractivity contribution in [3.05, 3.63) is 90.4 Å². The number of rotatable bonds is 8. The molecule has 1 fully saturated rings. The van der Waals surface area contributed by atoms with E-state index in [-0.39, 0.29) is 0 Å². The summed E-state index contributed by atoms with van der Waals surface area (Å²) in [6.07, 6.45) is 7.85. The van der Waals surface area contributed by atoms with E-state index in [4.69, 9.17) is 4.42 Å². The van der Waals surface area contributed by atoms with Gasteiger partial charge in [-0.15, -0.1) is 0 Å². The summed E-state index contributed by atoms with van der Waals surface area (Å²) in [5, 5.41) is 1.24. The quantitative estimate of drug-likeness (QED) is 0.345. The summed E-state index contributed by atoms with van der Waals surface area (Å²) in [4.78, 5) is 9.37. The number of piperazine rings is 1. The van der Waals surface area contributed by atoms with Crippen molar-refractivity contribution in [3.8, 4) is 11.1 Å². The topological polar surface area (TPSA) is 32.5 Å². The van der Waals surface area contributed by atoms with Gasteiger partial charge in [0, 0.05) is 50.5 Å². The number of aryl methyl sites for hydroxylation is 1. The van der Waals surface area contributed by atoms with Crippen LogP contribution in [-0.4, -0.2) is 54.1 Å². The molecular weight excluding hydrogens is 406 g/mol. The molecule has 2 aromatic carbocycles. The van der Waals surface area contributed by atoms with E-state index in [0.717, 1.165) is 31.5 Å². The van der Waals surface area contributed by atoms with Gasteiger partial charge in [-0.05, 0) is 71.8 Å². The second-order valence-corrected chi connectivity index (χ2v) is 9.27. The van der Waals surface area contributed by atoms with Gasteiger partial charge in [-0.2, -0.15) is 0 Å². The molecule has 4 heteroatoms. The molecule has 0 saturated carbocycles. The van der Waals surface area contributed by atoms with Crippen molar-refractivity contribution in [3.63, 3.8) is 0 Å². The highest BCUT2D eigenvalue weighted by atomic mass is 16.3. The van der Waals surface area contributed by atoms with Crippen LogP contribution in [0.15, 0.2) is 83.7 Å². The molecule has 33 heavy (non-hydrogen) atoms. The van der Waals surface area contributed by atoms with Gasteiger partial charge in [0.25, 0.3) is 0 Å². The lowest BCUT2D eigenvalue weighted by molar-refractivity contribution is 0.127. The summed E-state index contributed by atoms with van der Waals surface area (Å²) in [7, 11) is 0. The van der Waals surface area contributed by atoms with Gasteiger partial charge in [0.05, 0.1) is 6.26 Å². The van der Waals surface area contributed by atoms with Gasteiger partial charge >= 0.3 is 0 Å². The van der Waals surface area contributed by atoms with Gasteiger partial charge in [0.1, 0.15) is 5.58 Å². The Balaban J connectivity index is 1.11. The van der Waals surface area contributed by atoms with Crippen LogP contribution in [0.5, 0.6) is 0 Å². The molecule has 1 aliphatic rings. The molecule has 0 spiro atoms. The van der Waals surface area contributed by atoms with Crippen LogP contribution in [-0.2, 0) is 6.42 Å². The molecule has 1 unspecified atom stereocenters. The Kier molecular flexibility index (Phi) is 6.84. The van der Waals surface area contributed by atoms with Gasteiger partial charge < -0.3 is 14.2 Å². The first kappa shape index (κ1) is 21.9. The van der Waals surface area contributed by atoms with Crippen molar-refractivity contribution in [1.82, 2.24) is 14.8 Å². The molecule has 1 atom stereocenters. The second-order valence-electron chi connectivity index (χ2n) is 9.27. The molecule has 4 aromatic rings. The zero-order chi connectivity index (χ0) is 22.5. The van der Waals surface area contributed by atoms with Crippen LogP contribution >= 0.6 is 0 Å². The Labute approximate surface area is 196 Å². The third-order valence-electron chi connectivity index (χ3n) is 6.95. The fraction of sp³-hybridized carbons (Fsp3) is 0.345. The maximum absolute atomic E-state index is 5.84. The predicted octanol–water partition coefficient (Wildman–Crippen LogP) is 5.85. The Bertz CT molecular complexity index is 1150. The van der Waals surface area contributed by atoms with Crippen LogP contribution in [0, 0.1) is 0 Å². The molecular formula is C29H33N3O. The summed E-state index contributed by atoms with van der Waals surface area (Å²) in [5.41, 5.74) is 6.14. The van der Waals surface area contributed by atoms with E-state index in [9.17, 15) is 0 Å². The molecule has 0 bridgehead atoms. The second kappa shape index (κ2) is 10.3. The summed E-state index contributed by atoms with van der Waals surface area (Å²) in [6, 6.07) is 21.5. The first-order valence-electron chi connectivity index (χ1n) is 12.2. The minimum Gasteiger partial charge on any atom is -0.464 e. The van der Waals surface area contributed by atoms with E-state index in [2.05, 4.69) is 82.4 Å². The summed E-state index contributed by atoms with van der Waals surface area (Å²) >= 11 is 0. The van der Waals surface area contributed by atoms with Crippen molar-refractivity contribution < 1.29 is 4.42 Å². The fourth-order valence-electron chi connectivity index (χ4n) is 4.96. The first-order chi connectivity index (χ1) is 16.3. The van der Waals surface area contributed by atoms with Crippen molar-refractivity contribution in [2.45, 2.75) is 25.7 Å². The van der Waals surface area contributed by atoms with Crippen molar-refractivity contribution >= 4 is 11.0 Å². The molecule has 5 rings (SSSR count). The van der Waals surface area contributed by atoms with Gasteiger partial charge in [-0.3, -0.25) is 4.98 Å². The van der Waals surface area contributed by atoms with Crippen LogP contribution in [0.2, 0.25) is 0 Å². The van der Waals surface area contributed by atoms with E-state index in [1.807, 2.05) is 18.7 Å². The number of aromatic nitrogens is 1. The standard InChI is InChI=1S/C29H33N3O/c1-23(24-6-3-2-4-7-24)21-32-18-16-31(17-19-32)15-5-8-27-22-33-29-10-9-26(20-28(27)29)25-11-13-30-14-12-25/h2-4,6-7,9-14,20,22-23H,5,8,15-19,21H2,1H3. The average Bonchev–Trinajstić information content (AvgIpc) is 3.28. The summed E-state index contributed by atoms with van der Waals surface area (Å²) < 4.78 is 5.84. The van der Waals surface area contributed by atoms with Gasteiger partial charge in [-0.25, -0.2) is 0 Å². The summed E-state index contributed by atoms with van der Waals surface area (Å²) in [5.74, 6) is 0.587.